The summed E-state index contributed by atoms with van der Waals surface area (Å²) in [6, 6.07) is 6.71. The second-order valence-corrected chi connectivity index (χ2v) is 7.44. The normalized spacial score (nSPS) is 18.1. The van der Waals surface area contributed by atoms with Crippen molar-refractivity contribution in [2.45, 2.75) is 39.4 Å². The van der Waals surface area contributed by atoms with Crippen LogP contribution >= 0.6 is 11.3 Å². The number of hydrogen-bond acceptors (Lipinski definition) is 4. The summed E-state index contributed by atoms with van der Waals surface area (Å²) in [6.07, 6.45) is 2.79. The molecular weight excluding hydrogens is 308 g/mol. The highest BCUT2D eigenvalue weighted by molar-refractivity contribution is 7.09. The summed E-state index contributed by atoms with van der Waals surface area (Å²) < 4.78 is 2.13. The minimum atomic E-state index is 0.0388. The van der Waals surface area contributed by atoms with Crippen molar-refractivity contribution in [1.82, 2.24) is 20.0 Å². The maximum absolute atomic E-state index is 11.7. The van der Waals surface area contributed by atoms with E-state index in [4.69, 9.17) is 0 Å². The molecule has 0 bridgehead atoms. The first kappa shape index (κ1) is 16.2. The zero-order chi connectivity index (χ0) is 16.2. The van der Waals surface area contributed by atoms with Gasteiger partial charge in [-0.15, -0.1) is 11.3 Å². The number of rotatable bonds is 6. The van der Waals surface area contributed by atoms with Gasteiger partial charge in [0, 0.05) is 43.2 Å². The van der Waals surface area contributed by atoms with Crippen molar-refractivity contribution < 1.29 is 4.79 Å². The molecule has 2 aromatic heterocycles. The van der Waals surface area contributed by atoms with Crippen molar-refractivity contribution in [3.8, 4) is 0 Å². The summed E-state index contributed by atoms with van der Waals surface area (Å²) in [5.41, 5.74) is 1.26. The topological polar surface area (TPSA) is 50.2 Å². The Hall–Kier alpha value is -1.66. The van der Waals surface area contributed by atoms with Gasteiger partial charge in [0.2, 0.25) is 5.91 Å². The lowest BCUT2D eigenvalue weighted by molar-refractivity contribution is -0.124. The molecule has 23 heavy (non-hydrogen) atoms. The van der Waals surface area contributed by atoms with Gasteiger partial charge < -0.3 is 5.32 Å². The van der Waals surface area contributed by atoms with Crippen molar-refractivity contribution in [3.63, 3.8) is 0 Å². The molecule has 124 valence electrons. The maximum Gasteiger partial charge on any atom is 0.222 e. The lowest BCUT2D eigenvalue weighted by Crippen LogP contribution is -2.39. The average molecular weight is 332 g/mol. The molecule has 6 heteroatoms. The first-order valence-corrected chi connectivity index (χ1v) is 9.06. The predicted octanol–water partition coefficient (Wildman–Crippen LogP) is 2.66. The van der Waals surface area contributed by atoms with Crippen LogP contribution in [0.5, 0.6) is 0 Å². The summed E-state index contributed by atoms with van der Waals surface area (Å²) >= 11 is 1.81. The largest absolute Gasteiger partial charge is 0.356 e. The molecule has 5 nitrogen and oxygen atoms in total. The smallest absolute Gasteiger partial charge is 0.222 e. The number of amides is 1. The van der Waals surface area contributed by atoms with Crippen molar-refractivity contribution in [2.24, 2.45) is 5.92 Å². The molecule has 1 atom stereocenters. The van der Waals surface area contributed by atoms with Crippen LogP contribution in [-0.4, -0.2) is 33.7 Å². The van der Waals surface area contributed by atoms with Crippen LogP contribution in [-0.2, 0) is 17.9 Å². The Morgan fingerprint density at radius 3 is 3.09 bits per heavy atom. The van der Waals surface area contributed by atoms with Crippen LogP contribution in [0, 0.1) is 5.92 Å². The number of fused-ring (bicyclic) bond motifs is 1. The van der Waals surface area contributed by atoms with Crippen LogP contribution in [0.15, 0.2) is 29.8 Å². The Balaban J connectivity index is 1.61. The van der Waals surface area contributed by atoms with Crippen molar-refractivity contribution in [1.29, 1.82) is 0 Å². The molecule has 0 fully saturated rings. The van der Waals surface area contributed by atoms with Crippen molar-refractivity contribution in [2.75, 3.05) is 13.1 Å². The molecule has 0 aliphatic carbocycles. The molecule has 0 spiro atoms. The highest BCUT2D eigenvalue weighted by Gasteiger charge is 2.25. The summed E-state index contributed by atoms with van der Waals surface area (Å²) in [4.78, 5) is 15.6. The molecule has 1 amide bonds. The van der Waals surface area contributed by atoms with Crippen LogP contribution in [0.3, 0.4) is 0 Å². The van der Waals surface area contributed by atoms with E-state index in [2.05, 4.69) is 43.6 Å². The van der Waals surface area contributed by atoms with Gasteiger partial charge in [-0.05, 0) is 23.9 Å². The summed E-state index contributed by atoms with van der Waals surface area (Å²) in [5, 5.41) is 9.63. The van der Waals surface area contributed by atoms with Gasteiger partial charge in [-0.25, -0.2) is 0 Å². The van der Waals surface area contributed by atoms with Crippen LogP contribution in [0.2, 0.25) is 0 Å². The highest BCUT2D eigenvalue weighted by Crippen LogP contribution is 2.25. The number of carbonyl (C=O) groups excluding carboxylic acids is 1. The number of hydrogen-bond donors (Lipinski definition) is 1. The fraction of sp³-hybridized carbons (Fsp3) is 0.529. The van der Waals surface area contributed by atoms with Crippen LogP contribution in [0.4, 0.5) is 0 Å². The molecule has 1 aliphatic rings. The Bertz CT molecular complexity index is 635. The maximum atomic E-state index is 11.7. The van der Waals surface area contributed by atoms with Gasteiger partial charge in [0.25, 0.3) is 0 Å². The standard InChI is InChI=1S/C17H24N4OS/c1-13(2)17(22)18-7-5-14-10-20(12-16-4-3-9-23-16)11-15-6-8-19-21(14)15/h3-4,6,8-9,13-14H,5,7,10-12H2,1-2H3,(H,18,22). The monoisotopic (exact) mass is 332 g/mol. The van der Waals surface area contributed by atoms with Gasteiger partial charge in [-0.1, -0.05) is 19.9 Å². The molecule has 0 saturated heterocycles. The van der Waals surface area contributed by atoms with Crippen LogP contribution in [0.25, 0.3) is 0 Å². The first-order valence-electron chi connectivity index (χ1n) is 8.18. The van der Waals surface area contributed by atoms with Gasteiger partial charge in [-0.2, -0.15) is 5.10 Å². The molecule has 1 N–H and O–H groups in total. The zero-order valence-electron chi connectivity index (χ0n) is 13.7. The SMILES string of the molecule is CC(C)C(=O)NCCC1CN(Cc2cccs2)Cc2ccnn21. The van der Waals surface area contributed by atoms with Gasteiger partial charge >= 0.3 is 0 Å². The quantitative estimate of drug-likeness (QED) is 0.885. The fourth-order valence-corrected chi connectivity index (χ4v) is 3.73. The minimum Gasteiger partial charge on any atom is -0.356 e. The molecule has 1 aliphatic heterocycles. The van der Waals surface area contributed by atoms with Gasteiger partial charge in [0.15, 0.2) is 0 Å². The fourth-order valence-electron chi connectivity index (χ4n) is 2.99. The summed E-state index contributed by atoms with van der Waals surface area (Å²) in [7, 11) is 0. The van der Waals surface area contributed by atoms with E-state index >= 15 is 0 Å². The Labute approximate surface area is 141 Å². The third kappa shape index (κ3) is 4.00. The number of nitrogens with zero attached hydrogens (tertiary/aromatic N) is 3. The van der Waals surface area contributed by atoms with Crippen LogP contribution in [0.1, 0.15) is 36.9 Å². The van der Waals surface area contributed by atoms with E-state index in [1.807, 2.05) is 20.0 Å². The second kappa shape index (κ2) is 7.27. The van der Waals surface area contributed by atoms with Gasteiger partial charge in [-0.3, -0.25) is 14.4 Å². The zero-order valence-corrected chi connectivity index (χ0v) is 14.6. The van der Waals surface area contributed by atoms with Gasteiger partial charge in [0.05, 0.1) is 11.7 Å². The van der Waals surface area contributed by atoms with E-state index in [9.17, 15) is 4.79 Å². The number of thiophene rings is 1. The molecule has 2 aromatic rings. The number of nitrogens with one attached hydrogen (secondary N) is 1. The lowest BCUT2D eigenvalue weighted by atomic mass is 10.1. The summed E-state index contributed by atoms with van der Waals surface area (Å²) in [6.45, 7) is 7.44. The molecule has 0 aromatic carbocycles. The van der Waals surface area contributed by atoms with E-state index in [1.165, 1.54) is 10.6 Å². The molecular formula is C17H24N4OS. The third-order valence-corrected chi connectivity index (χ3v) is 5.07. The third-order valence-electron chi connectivity index (χ3n) is 4.21. The van der Waals surface area contributed by atoms with Crippen molar-refractivity contribution >= 4 is 17.2 Å². The highest BCUT2D eigenvalue weighted by atomic mass is 32.1. The van der Waals surface area contributed by atoms with Crippen LogP contribution < -0.4 is 5.32 Å². The Morgan fingerprint density at radius 1 is 1.48 bits per heavy atom. The number of aromatic nitrogens is 2. The Kier molecular flexibility index (Phi) is 5.13. The summed E-state index contributed by atoms with van der Waals surface area (Å²) in [5.74, 6) is 0.161. The average Bonchev–Trinajstić information content (AvgIpc) is 3.18. The molecule has 0 radical (unpaired) electrons. The minimum absolute atomic E-state index is 0.0388. The molecule has 3 rings (SSSR count). The lowest BCUT2D eigenvalue weighted by Gasteiger charge is -2.33. The predicted molar refractivity (Wildman–Crippen MR) is 92.2 cm³/mol. The first-order chi connectivity index (χ1) is 11.1. The number of carbonyl (C=O) groups is 1. The Morgan fingerprint density at radius 2 is 2.35 bits per heavy atom. The van der Waals surface area contributed by atoms with E-state index in [-0.39, 0.29) is 11.8 Å². The molecule has 1 unspecified atom stereocenters. The van der Waals surface area contributed by atoms with Crippen molar-refractivity contribution in [3.05, 3.63) is 40.3 Å². The van der Waals surface area contributed by atoms with E-state index < -0.39 is 0 Å². The van der Waals surface area contributed by atoms with Gasteiger partial charge in [0.1, 0.15) is 0 Å². The van der Waals surface area contributed by atoms with E-state index in [0.29, 0.717) is 12.6 Å². The van der Waals surface area contributed by atoms with E-state index in [0.717, 1.165) is 26.1 Å². The van der Waals surface area contributed by atoms with E-state index in [1.54, 1.807) is 11.3 Å². The molecule has 0 saturated carbocycles. The second-order valence-electron chi connectivity index (χ2n) is 6.40. The molecule has 3 heterocycles.